The first-order valence-electron chi connectivity index (χ1n) is 10.8. The van der Waals surface area contributed by atoms with Gasteiger partial charge in [0.1, 0.15) is 0 Å². The molecule has 29 heavy (non-hydrogen) atoms. The Bertz CT molecular complexity index is 741. The average molecular weight is 424 g/mol. The molecule has 7 heteroatoms. The molecule has 0 atom stereocenters. The molecule has 0 aliphatic heterocycles. The van der Waals surface area contributed by atoms with E-state index in [2.05, 4.69) is 6.07 Å². The smallest absolute Gasteiger partial charge is 0.493 e. The van der Waals surface area contributed by atoms with Crippen molar-refractivity contribution in [2.75, 3.05) is 27.4 Å². The Morgan fingerprint density at radius 1 is 0.862 bits per heavy atom. The number of hydrogen-bond acceptors (Lipinski definition) is 6. The van der Waals surface area contributed by atoms with Crippen LogP contribution in [0.25, 0.3) is 0 Å². The van der Waals surface area contributed by atoms with E-state index in [1.165, 1.54) is 32.1 Å². The van der Waals surface area contributed by atoms with Crippen molar-refractivity contribution in [2.24, 2.45) is 23.7 Å². The number of phosphoric acid groups is 1. The standard InChI is InChI=1S/C22H33O6P/c1-5-26-29(23,27-6-2)28-22-19(24-3)8-7-18(21(22)25-4)20-16-10-14-9-15(12-16)13-17(20)11-14/h7-8,14-17,20H,5-6,9-13H2,1-4H3. The number of phosphoric ester groups is 1. The molecule has 4 saturated carbocycles. The Morgan fingerprint density at radius 3 is 1.93 bits per heavy atom. The molecule has 0 unspecified atom stereocenters. The predicted octanol–water partition coefficient (Wildman–Crippen LogP) is 5.80. The first-order chi connectivity index (χ1) is 14.0. The summed E-state index contributed by atoms with van der Waals surface area (Å²) in [5, 5.41) is 0. The average Bonchev–Trinajstić information content (AvgIpc) is 2.67. The van der Waals surface area contributed by atoms with Crippen LogP contribution < -0.4 is 14.0 Å². The van der Waals surface area contributed by atoms with Crippen molar-refractivity contribution < 1.29 is 27.6 Å². The maximum Gasteiger partial charge on any atom is 0.530 e. The lowest BCUT2D eigenvalue weighted by molar-refractivity contribution is -0.00356. The summed E-state index contributed by atoms with van der Waals surface area (Å²) in [6.45, 7) is 3.96. The van der Waals surface area contributed by atoms with Crippen LogP contribution in [0.4, 0.5) is 0 Å². The highest BCUT2D eigenvalue weighted by atomic mass is 31.2. The number of rotatable bonds is 9. The largest absolute Gasteiger partial charge is 0.530 e. The van der Waals surface area contributed by atoms with Crippen molar-refractivity contribution in [1.29, 1.82) is 0 Å². The van der Waals surface area contributed by atoms with Gasteiger partial charge in [-0.1, -0.05) is 6.07 Å². The molecule has 4 aliphatic rings. The van der Waals surface area contributed by atoms with Crippen molar-refractivity contribution >= 4 is 7.82 Å². The van der Waals surface area contributed by atoms with E-state index in [-0.39, 0.29) is 13.2 Å². The van der Waals surface area contributed by atoms with E-state index in [0.29, 0.717) is 35.0 Å². The molecule has 0 spiro atoms. The number of ether oxygens (including phenoxy) is 2. The van der Waals surface area contributed by atoms with Gasteiger partial charge in [-0.15, -0.1) is 0 Å². The van der Waals surface area contributed by atoms with Crippen LogP contribution in [0.5, 0.6) is 17.2 Å². The lowest BCUT2D eigenvalue weighted by atomic mass is 9.50. The van der Waals surface area contributed by atoms with Crippen molar-refractivity contribution in [2.45, 2.75) is 51.9 Å². The summed E-state index contributed by atoms with van der Waals surface area (Å²) in [5.74, 6) is 4.99. The summed E-state index contributed by atoms with van der Waals surface area (Å²) in [4.78, 5) is 0. The second-order valence-electron chi connectivity index (χ2n) is 8.55. The Hall–Kier alpha value is -1.23. The van der Waals surface area contributed by atoms with Crippen molar-refractivity contribution in [1.82, 2.24) is 0 Å². The van der Waals surface area contributed by atoms with E-state index in [9.17, 15) is 4.57 Å². The third-order valence-electron chi connectivity index (χ3n) is 6.89. The van der Waals surface area contributed by atoms with Crippen molar-refractivity contribution in [3.05, 3.63) is 17.7 Å². The van der Waals surface area contributed by atoms with E-state index < -0.39 is 7.82 Å². The van der Waals surface area contributed by atoms with Gasteiger partial charge in [0.05, 0.1) is 27.4 Å². The molecule has 4 bridgehead atoms. The number of benzene rings is 1. The summed E-state index contributed by atoms with van der Waals surface area (Å²) in [5.41, 5.74) is 1.14. The normalized spacial score (nSPS) is 30.4. The Balaban J connectivity index is 1.73. The second-order valence-corrected chi connectivity index (χ2v) is 10.1. The highest BCUT2D eigenvalue weighted by Crippen LogP contribution is 2.63. The van der Waals surface area contributed by atoms with Gasteiger partial charge >= 0.3 is 7.82 Å². The maximum atomic E-state index is 13.1. The summed E-state index contributed by atoms with van der Waals surface area (Å²) >= 11 is 0. The van der Waals surface area contributed by atoms with Crippen LogP contribution in [0.15, 0.2) is 12.1 Å². The minimum atomic E-state index is -3.77. The van der Waals surface area contributed by atoms with Gasteiger partial charge in [-0.3, -0.25) is 9.05 Å². The van der Waals surface area contributed by atoms with Gasteiger partial charge in [-0.2, -0.15) is 0 Å². The van der Waals surface area contributed by atoms with E-state index >= 15 is 0 Å². The number of hydrogen-bond donors (Lipinski definition) is 0. The zero-order valence-electron chi connectivity index (χ0n) is 17.9. The molecule has 4 fully saturated rings. The van der Waals surface area contributed by atoms with Gasteiger partial charge in [0, 0.05) is 5.56 Å². The van der Waals surface area contributed by atoms with Gasteiger partial charge in [-0.25, -0.2) is 4.57 Å². The van der Waals surface area contributed by atoms with Crippen LogP contribution >= 0.6 is 7.82 Å². The molecule has 0 N–H and O–H groups in total. The third-order valence-corrected chi connectivity index (χ3v) is 8.45. The summed E-state index contributed by atoms with van der Waals surface area (Å²) in [6.07, 6.45) is 6.64. The molecule has 1 aromatic carbocycles. The molecule has 0 amide bonds. The highest BCUT2D eigenvalue weighted by molar-refractivity contribution is 7.48. The molecule has 0 aromatic heterocycles. The zero-order valence-corrected chi connectivity index (χ0v) is 18.8. The van der Waals surface area contributed by atoms with Crippen LogP contribution in [-0.4, -0.2) is 27.4 Å². The van der Waals surface area contributed by atoms with Gasteiger partial charge in [0.15, 0.2) is 11.5 Å². The van der Waals surface area contributed by atoms with Gasteiger partial charge in [0.2, 0.25) is 5.75 Å². The molecular weight excluding hydrogens is 391 g/mol. The Morgan fingerprint density at radius 2 is 1.45 bits per heavy atom. The van der Waals surface area contributed by atoms with E-state index in [1.807, 2.05) is 6.07 Å². The fourth-order valence-electron chi connectivity index (χ4n) is 6.23. The molecule has 6 nitrogen and oxygen atoms in total. The van der Waals surface area contributed by atoms with E-state index in [1.54, 1.807) is 28.1 Å². The van der Waals surface area contributed by atoms with E-state index in [4.69, 9.17) is 23.0 Å². The van der Waals surface area contributed by atoms with Gasteiger partial charge in [-0.05, 0) is 81.6 Å². The topological polar surface area (TPSA) is 63.2 Å². The highest BCUT2D eigenvalue weighted by Gasteiger charge is 2.49. The molecule has 1 aromatic rings. The first kappa shape index (κ1) is 21.0. The fraction of sp³-hybridized carbons (Fsp3) is 0.727. The minimum absolute atomic E-state index is 0.219. The maximum absolute atomic E-state index is 13.1. The van der Waals surface area contributed by atoms with E-state index in [0.717, 1.165) is 17.4 Å². The molecule has 4 aliphatic carbocycles. The van der Waals surface area contributed by atoms with Crippen LogP contribution in [0, 0.1) is 23.7 Å². The summed E-state index contributed by atoms with van der Waals surface area (Å²) < 4.78 is 41.0. The molecular formula is C22H33O6P. The lowest BCUT2D eigenvalue weighted by Gasteiger charge is -2.54. The first-order valence-corrected chi connectivity index (χ1v) is 12.3. The monoisotopic (exact) mass is 424 g/mol. The van der Waals surface area contributed by atoms with Crippen molar-refractivity contribution in [3.8, 4) is 17.2 Å². The van der Waals surface area contributed by atoms with Crippen LogP contribution in [0.1, 0.15) is 57.4 Å². The van der Waals surface area contributed by atoms with Crippen LogP contribution in [-0.2, 0) is 13.6 Å². The van der Waals surface area contributed by atoms with Gasteiger partial charge < -0.3 is 14.0 Å². The Labute approximate surface area is 173 Å². The quantitative estimate of drug-likeness (QED) is 0.467. The molecule has 0 radical (unpaired) electrons. The van der Waals surface area contributed by atoms with Crippen molar-refractivity contribution in [3.63, 3.8) is 0 Å². The third kappa shape index (κ3) is 3.92. The van der Waals surface area contributed by atoms with Crippen LogP contribution in [0.3, 0.4) is 0 Å². The SMILES string of the molecule is CCOP(=O)(OCC)Oc1c(OC)ccc(C2C3CC4CC(C3)CC2C4)c1OC. The second kappa shape index (κ2) is 8.49. The Kier molecular flexibility index (Phi) is 6.15. The van der Waals surface area contributed by atoms with Crippen LogP contribution in [0.2, 0.25) is 0 Å². The zero-order chi connectivity index (χ0) is 20.6. The summed E-state index contributed by atoms with van der Waals surface area (Å²) in [7, 11) is -0.569. The molecule has 0 heterocycles. The molecule has 0 saturated heterocycles. The lowest BCUT2D eigenvalue weighted by Crippen LogP contribution is -2.43. The predicted molar refractivity (Wildman–Crippen MR) is 111 cm³/mol. The molecule has 5 rings (SSSR count). The molecule has 162 valence electrons. The van der Waals surface area contributed by atoms with Gasteiger partial charge in [0.25, 0.3) is 0 Å². The number of methoxy groups -OCH3 is 2. The summed E-state index contributed by atoms with van der Waals surface area (Å²) in [6, 6.07) is 3.99. The fourth-order valence-corrected chi connectivity index (χ4v) is 7.44. The minimum Gasteiger partial charge on any atom is -0.493 e.